The summed E-state index contributed by atoms with van der Waals surface area (Å²) in [6.07, 6.45) is 1.54. The van der Waals surface area contributed by atoms with Crippen LogP contribution in [0.5, 0.6) is 0 Å². The smallest absolute Gasteiger partial charge is 0.134 e. The second-order valence-electron chi connectivity index (χ2n) is 3.47. The van der Waals surface area contributed by atoms with E-state index in [1.165, 1.54) is 0 Å². The molecule has 2 rings (SSSR count). The molecule has 0 aliphatic carbocycles. The van der Waals surface area contributed by atoms with E-state index in [0.717, 1.165) is 24.4 Å². The summed E-state index contributed by atoms with van der Waals surface area (Å²) in [5.74, 6) is 1.70. The molecule has 1 aliphatic heterocycles. The maximum Gasteiger partial charge on any atom is 0.134 e. The van der Waals surface area contributed by atoms with E-state index >= 15 is 0 Å². The molecular formula is C11H13NO2. The van der Waals surface area contributed by atoms with Crippen LogP contribution in [-0.4, -0.2) is 6.61 Å². The molecular weight excluding hydrogens is 178 g/mol. The topological polar surface area (TPSA) is 46.2 Å². The summed E-state index contributed by atoms with van der Waals surface area (Å²) in [4.78, 5) is 0. The molecule has 14 heavy (non-hydrogen) atoms. The number of rotatable bonds is 2. The van der Waals surface area contributed by atoms with E-state index in [-0.39, 0.29) is 12.0 Å². The summed E-state index contributed by atoms with van der Waals surface area (Å²) in [5, 5.41) is 8.89. The largest absolute Gasteiger partial charge is 0.463 e. The summed E-state index contributed by atoms with van der Waals surface area (Å²) in [7, 11) is 0. The van der Waals surface area contributed by atoms with Gasteiger partial charge in [-0.05, 0) is 18.6 Å². The van der Waals surface area contributed by atoms with Crippen LogP contribution in [0.25, 0.3) is 0 Å². The molecule has 0 aromatic carbocycles. The Hall–Kier alpha value is -1.27. The molecule has 1 fully saturated rings. The Morgan fingerprint density at radius 1 is 1.57 bits per heavy atom. The number of ether oxygens (including phenoxy) is 1. The highest BCUT2D eigenvalue weighted by atomic mass is 16.5. The molecule has 0 N–H and O–H groups in total. The molecule has 0 spiro atoms. The van der Waals surface area contributed by atoms with Gasteiger partial charge in [0.05, 0.1) is 12.0 Å². The van der Waals surface area contributed by atoms with Gasteiger partial charge in [-0.1, -0.05) is 6.92 Å². The predicted octanol–water partition coefficient (Wildman–Crippen LogP) is 2.44. The van der Waals surface area contributed by atoms with Crippen molar-refractivity contribution in [3.63, 3.8) is 0 Å². The molecule has 1 aliphatic rings. The fourth-order valence-corrected chi connectivity index (χ4v) is 1.74. The number of hydrogen-bond acceptors (Lipinski definition) is 3. The van der Waals surface area contributed by atoms with Crippen molar-refractivity contribution in [1.82, 2.24) is 0 Å². The van der Waals surface area contributed by atoms with Crippen molar-refractivity contribution in [3.8, 4) is 6.07 Å². The van der Waals surface area contributed by atoms with Gasteiger partial charge in [-0.2, -0.15) is 5.26 Å². The Morgan fingerprint density at radius 3 is 3.07 bits per heavy atom. The second-order valence-corrected chi connectivity index (χ2v) is 3.47. The number of hydrogen-bond donors (Lipinski definition) is 0. The van der Waals surface area contributed by atoms with Gasteiger partial charge >= 0.3 is 0 Å². The van der Waals surface area contributed by atoms with Crippen molar-refractivity contribution in [2.24, 2.45) is 5.92 Å². The quantitative estimate of drug-likeness (QED) is 0.721. The highest BCUT2D eigenvalue weighted by Gasteiger charge is 2.31. The van der Waals surface area contributed by atoms with Gasteiger partial charge in [0.15, 0.2) is 0 Å². The lowest BCUT2D eigenvalue weighted by Gasteiger charge is -2.08. The van der Waals surface area contributed by atoms with Crippen LogP contribution in [0.15, 0.2) is 16.5 Å². The Morgan fingerprint density at radius 2 is 2.43 bits per heavy atom. The average molecular weight is 191 g/mol. The molecule has 0 bridgehead atoms. The van der Waals surface area contributed by atoms with Gasteiger partial charge in [-0.25, -0.2) is 0 Å². The molecule has 0 amide bonds. The van der Waals surface area contributed by atoms with Crippen LogP contribution in [0.1, 0.15) is 31.0 Å². The highest BCUT2D eigenvalue weighted by molar-refractivity contribution is 5.13. The zero-order valence-corrected chi connectivity index (χ0v) is 8.19. The molecule has 0 radical (unpaired) electrons. The number of nitrogens with zero attached hydrogens (tertiary/aromatic N) is 1. The third-order valence-electron chi connectivity index (χ3n) is 2.57. The molecule has 1 saturated heterocycles. The zero-order valence-electron chi connectivity index (χ0n) is 8.19. The van der Waals surface area contributed by atoms with Crippen molar-refractivity contribution in [2.75, 3.05) is 6.61 Å². The minimum Gasteiger partial charge on any atom is -0.463 e. The lowest BCUT2D eigenvalue weighted by molar-refractivity contribution is 0.0812. The fourth-order valence-electron chi connectivity index (χ4n) is 1.74. The van der Waals surface area contributed by atoms with Crippen LogP contribution in [0, 0.1) is 17.2 Å². The first kappa shape index (κ1) is 9.29. The summed E-state index contributed by atoms with van der Waals surface area (Å²) in [5.41, 5.74) is 0. The predicted molar refractivity (Wildman–Crippen MR) is 50.5 cm³/mol. The Labute approximate surface area is 83.3 Å². The van der Waals surface area contributed by atoms with Crippen molar-refractivity contribution < 1.29 is 9.15 Å². The fraction of sp³-hybridized carbons (Fsp3) is 0.545. The minimum absolute atomic E-state index is 0.0501. The van der Waals surface area contributed by atoms with Crippen LogP contribution in [-0.2, 0) is 11.2 Å². The van der Waals surface area contributed by atoms with Crippen molar-refractivity contribution >= 4 is 0 Å². The van der Waals surface area contributed by atoms with E-state index in [0.29, 0.717) is 6.61 Å². The van der Waals surface area contributed by atoms with Crippen molar-refractivity contribution in [3.05, 3.63) is 23.7 Å². The van der Waals surface area contributed by atoms with Gasteiger partial charge in [0, 0.05) is 13.0 Å². The summed E-state index contributed by atoms with van der Waals surface area (Å²) < 4.78 is 11.1. The molecule has 2 atom stereocenters. The van der Waals surface area contributed by atoms with E-state index in [1.54, 1.807) is 0 Å². The molecule has 3 heteroatoms. The zero-order chi connectivity index (χ0) is 9.97. The summed E-state index contributed by atoms with van der Waals surface area (Å²) >= 11 is 0. The maximum atomic E-state index is 8.89. The van der Waals surface area contributed by atoms with Crippen molar-refractivity contribution in [2.45, 2.75) is 25.9 Å². The van der Waals surface area contributed by atoms with E-state index in [9.17, 15) is 0 Å². The summed E-state index contributed by atoms with van der Waals surface area (Å²) in [6, 6.07) is 6.12. The van der Waals surface area contributed by atoms with E-state index in [1.807, 2.05) is 19.1 Å². The molecule has 2 heterocycles. The van der Waals surface area contributed by atoms with E-state index < -0.39 is 0 Å². The molecule has 1 aromatic heterocycles. The monoisotopic (exact) mass is 191 g/mol. The number of nitriles is 1. The van der Waals surface area contributed by atoms with Gasteiger partial charge in [-0.3, -0.25) is 0 Å². The van der Waals surface area contributed by atoms with Crippen LogP contribution >= 0.6 is 0 Å². The van der Waals surface area contributed by atoms with Gasteiger partial charge in [0.2, 0.25) is 0 Å². The van der Waals surface area contributed by atoms with Crippen LogP contribution in [0.2, 0.25) is 0 Å². The molecule has 2 unspecified atom stereocenters. The Balaban J connectivity index is 2.18. The normalized spacial score (nSPS) is 26.3. The first-order valence-electron chi connectivity index (χ1n) is 4.95. The standard InChI is InChI=1S/C11H13NO2/c1-2-9-3-4-10(14-9)11-8(7-12)5-6-13-11/h3-4,8,11H,2,5-6H2,1H3. The lowest BCUT2D eigenvalue weighted by atomic mass is 10.0. The van der Waals surface area contributed by atoms with E-state index in [2.05, 4.69) is 6.07 Å². The third kappa shape index (κ3) is 1.53. The number of furan rings is 1. The average Bonchev–Trinajstić information content (AvgIpc) is 2.85. The van der Waals surface area contributed by atoms with Crippen LogP contribution in [0.4, 0.5) is 0 Å². The molecule has 3 nitrogen and oxygen atoms in total. The van der Waals surface area contributed by atoms with Crippen LogP contribution in [0.3, 0.4) is 0 Å². The third-order valence-corrected chi connectivity index (χ3v) is 2.57. The Kier molecular flexibility index (Phi) is 2.55. The highest BCUT2D eigenvalue weighted by Crippen LogP contribution is 2.34. The van der Waals surface area contributed by atoms with Crippen LogP contribution < -0.4 is 0 Å². The second kappa shape index (κ2) is 3.85. The maximum absolute atomic E-state index is 8.89. The molecule has 0 saturated carbocycles. The Bertz CT molecular complexity index is 350. The van der Waals surface area contributed by atoms with Gasteiger partial charge in [-0.15, -0.1) is 0 Å². The van der Waals surface area contributed by atoms with Gasteiger partial charge < -0.3 is 9.15 Å². The molecule has 74 valence electrons. The SMILES string of the molecule is CCc1ccc(C2OCCC2C#N)o1. The van der Waals surface area contributed by atoms with Gasteiger partial charge in [0.25, 0.3) is 0 Å². The van der Waals surface area contributed by atoms with Gasteiger partial charge in [0.1, 0.15) is 17.6 Å². The first-order valence-corrected chi connectivity index (χ1v) is 4.95. The summed E-state index contributed by atoms with van der Waals surface area (Å²) in [6.45, 7) is 2.70. The lowest BCUT2D eigenvalue weighted by Crippen LogP contribution is -2.03. The van der Waals surface area contributed by atoms with Crippen molar-refractivity contribution in [1.29, 1.82) is 5.26 Å². The number of aryl methyl sites for hydroxylation is 1. The molecule has 1 aromatic rings. The minimum atomic E-state index is -0.153. The van der Waals surface area contributed by atoms with E-state index in [4.69, 9.17) is 14.4 Å². The first-order chi connectivity index (χ1) is 6.85.